The molecule has 0 spiro atoms. The Morgan fingerprint density at radius 3 is 2.56 bits per heavy atom. The van der Waals surface area contributed by atoms with Crippen LogP contribution in [0.15, 0.2) is 46.9 Å². The number of nitrogens with one attached hydrogen (secondary N) is 1. The lowest BCUT2D eigenvalue weighted by molar-refractivity contribution is -0.118. The average Bonchev–Trinajstić information content (AvgIpc) is 2.79. The molecule has 1 aliphatic rings. The van der Waals surface area contributed by atoms with Crippen LogP contribution in [0.4, 0.5) is 11.6 Å². The molecular formula is C24H28BrN5O2. The highest BCUT2D eigenvalue weighted by Gasteiger charge is 2.22. The minimum atomic E-state index is -0.216. The first kappa shape index (κ1) is 22.5. The number of carbonyl (C=O) groups is 1. The number of fused-ring (bicyclic) bond motifs is 1. The highest BCUT2D eigenvalue weighted by molar-refractivity contribution is 9.10. The fourth-order valence-corrected chi connectivity index (χ4v) is 4.21. The first-order valence-electron chi connectivity index (χ1n) is 10.8. The number of aromatic nitrogens is 2. The fraction of sp³-hybridized carbons (Fsp3) is 0.375. The summed E-state index contributed by atoms with van der Waals surface area (Å²) >= 11 is 3.38. The van der Waals surface area contributed by atoms with Gasteiger partial charge in [0.2, 0.25) is 5.95 Å². The van der Waals surface area contributed by atoms with Crippen LogP contribution in [0, 0.1) is 6.92 Å². The molecule has 1 N–H and O–H groups in total. The fourth-order valence-electron chi connectivity index (χ4n) is 3.94. The van der Waals surface area contributed by atoms with Gasteiger partial charge in [-0.05, 0) is 76.3 Å². The van der Waals surface area contributed by atoms with E-state index in [1.165, 1.54) is 0 Å². The third kappa shape index (κ3) is 5.37. The highest BCUT2D eigenvalue weighted by Crippen LogP contribution is 2.25. The zero-order chi connectivity index (χ0) is 22.7. The van der Waals surface area contributed by atoms with Crippen molar-refractivity contribution >= 4 is 44.4 Å². The summed E-state index contributed by atoms with van der Waals surface area (Å²) in [5.41, 5.74) is 2.49. The summed E-state index contributed by atoms with van der Waals surface area (Å²) in [5, 5.41) is 3.83. The SMILES string of the molecule is Cc1nc(N2CCC(N(C)C)CC2)nc2ccc(NC(=O)COc3ccc(Br)cc3)cc12. The van der Waals surface area contributed by atoms with E-state index in [0.29, 0.717) is 17.5 Å². The van der Waals surface area contributed by atoms with Crippen molar-refractivity contribution in [3.05, 3.63) is 52.6 Å². The van der Waals surface area contributed by atoms with Gasteiger partial charge in [-0.1, -0.05) is 15.9 Å². The second-order valence-electron chi connectivity index (χ2n) is 8.31. The molecule has 1 saturated heterocycles. The number of benzene rings is 2. The maximum Gasteiger partial charge on any atom is 0.262 e. The quantitative estimate of drug-likeness (QED) is 0.548. The summed E-state index contributed by atoms with van der Waals surface area (Å²) in [6, 6.07) is 13.7. The third-order valence-corrected chi connectivity index (χ3v) is 6.35. The van der Waals surface area contributed by atoms with Crippen LogP contribution in [0.2, 0.25) is 0 Å². The van der Waals surface area contributed by atoms with Crippen molar-refractivity contribution in [3.63, 3.8) is 0 Å². The van der Waals surface area contributed by atoms with Gasteiger partial charge in [0, 0.05) is 34.7 Å². The molecule has 4 rings (SSSR count). The van der Waals surface area contributed by atoms with E-state index in [1.807, 2.05) is 49.4 Å². The number of ether oxygens (including phenoxy) is 1. The molecule has 8 heteroatoms. The van der Waals surface area contributed by atoms with Crippen LogP contribution in [0.1, 0.15) is 18.5 Å². The van der Waals surface area contributed by atoms with E-state index in [-0.39, 0.29) is 12.5 Å². The molecule has 0 unspecified atom stereocenters. The van der Waals surface area contributed by atoms with Crippen LogP contribution in [0.5, 0.6) is 5.75 Å². The van der Waals surface area contributed by atoms with Crippen LogP contribution in [0.25, 0.3) is 10.9 Å². The molecule has 0 radical (unpaired) electrons. The number of hydrogen-bond acceptors (Lipinski definition) is 6. The van der Waals surface area contributed by atoms with Gasteiger partial charge in [0.1, 0.15) is 5.75 Å². The molecule has 3 aromatic rings. The summed E-state index contributed by atoms with van der Waals surface area (Å²) in [7, 11) is 4.28. The summed E-state index contributed by atoms with van der Waals surface area (Å²) in [6.07, 6.45) is 2.22. The molecule has 168 valence electrons. The molecule has 0 bridgehead atoms. The zero-order valence-electron chi connectivity index (χ0n) is 18.6. The standard InChI is InChI=1S/C24H28BrN5O2/c1-16-21-14-18(27-23(31)15-32-20-7-4-17(25)5-8-20)6-9-22(21)28-24(26-16)30-12-10-19(11-13-30)29(2)3/h4-9,14,19H,10-13,15H2,1-3H3,(H,27,31). The highest BCUT2D eigenvalue weighted by atomic mass is 79.9. The Labute approximate surface area is 196 Å². The molecule has 7 nitrogen and oxygen atoms in total. The number of anilines is 2. The Hall–Kier alpha value is -2.71. The number of hydrogen-bond donors (Lipinski definition) is 1. The number of carbonyl (C=O) groups excluding carboxylic acids is 1. The lowest BCUT2D eigenvalue weighted by atomic mass is 10.0. The molecule has 1 aromatic heterocycles. The normalized spacial score (nSPS) is 14.7. The van der Waals surface area contributed by atoms with Gasteiger partial charge in [0.05, 0.1) is 11.2 Å². The van der Waals surface area contributed by atoms with Crippen molar-refractivity contribution < 1.29 is 9.53 Å². The van der Waals surface area contributed by atoms with Crippen LogP contribution in [-0.2, 0) is 4.79 Å². The van der Waals surface area contributed by atoms with Crippen LogP contribution >= 0.6 is 15.9 Å². The monoisotopic (exact) mass is 497 g/mol. The van der Waals surface area contributed by atoms with Crippen LogP contribution in [-0.4, -0.2) is 60.6 Å². The number of aryl methyl sites for hydroxylation is 1. The largest absolute Gasteiger partial charge is 0.484 e. The van der Waals surface area contributed by atoms with Crippen molar-refractivity contribution in [2.75, 3.05) is 44.0 Å². The molecule has 1 aliphatic heterocycles. The Morgan fingerprint density at radius 2 is 1.88 bits per heavy atom. The molecule has 0 aliphatic carbocycles. The summed E-state index contributed by atoms with van der Waals surface area (Å²) in [6.45, 7) is 3.85. The molecule has 2 heterocycles. The Kier molecular flexibility index (Phi) is 6.91. The smallest absolute Gasteiger partial charge is 0.262 e. The average molecular weight is 498 g/mol. The first-order chi connectivity index (χ1) is 15.4. The number of amides is 1. The number of rotatable bonds is 6. The molecule has 32 heavy (non-hydrogen) atoms. The van der Waals surface area contributed by atoms with E-state index in [9.17, 15) is 4.79 Å². The second-order valence-corrected chi connectivity index (χ2v) is 9.23. The Bertz CT molecular complexity index is 1100. The first-order valence-corrected chi connectivity index (χ1v) is 11.6. The number of halogens is 1. The van der Waals surface area contributed by atoms with Gasteiger partial charge in [-0.25, -0.2) is 9.97 Å². The third-order valence-electron chi connectivity index (χ3n) is 5.82. The van der Waals surface area contributed by atoms with E-state index in [0.717, 1.165) is 52.9 Å². The van der Waals surface area contributed by atoms with Crippen molar-refractivity contribution in [3.8, 4) is 5.75 Å². The minimum absolute atomic E-state index is 0.0585. The minimum Gasteiger partial charge on any atom is -0.484 e. The van der Waals surface area contributed by atoms with Crippen molar-refractivity contribution in [1.82, 2.24) is 14.9 Å². The van der Waals surface area contributed by atoms with E-state index in [2.05, 4.69) is 45.1 Å². The van der Waals surface area contributed by atoms with Crippen LogP contribution < -0.4 is 15.0 Å². The summed E-state index contributed by atoms with van der Waals surface area (Å²) in [5.74, 6) is 1.21. The van der Waals surface area contributed by atoms with E-state index in [1.54, 1.807) is 0 Å². The van der Waals surface area contributed by atoms with E-state index in [4.69, 9.17) is 14.7 Å². The van der Waals surface area contributed by atoms with Crippen molar-refractivity contribution in [2.24, 2.45) is 0 Å². The van der Waals surface area contributed by atoms with Gasteiger partial charge in [0.25, 0.3) is 5.91 Å². The van der Waals surface area contributed by atoms with Gasteiger partial charge in [-0.15, -0.1) is 0 Å². The van der Waals surface area contributed by atoms with E-state index >= 15 is 0 Å². The van der Waals surface area contributed by atoms with E-state index < -0.39 is 0 Å². The van der Waals surface area contributed by atoms with Crippen molar-refractivity contribution in [1.29, 1.82) is 0 Å². The summed E-state index contributed by atoms with van der Waals surface area (Å²) < 4.78 is 6.51. The maximum absolute atomic E-state index is 12.3. The lowest BCUT2D eigenvalue weighted by Gasteiger charge is -2.35. The lowest BCUT2D eigenvalue weighted by Crippen LogP contribution is -2.42. The van der Waals surface area contributed by atoms with Crippen LogP contribution in [0.3, 0.4) is 0 Å². The Balaban J connectivity index is 1.41. The van der Waals surface area contributed by atoms with Gasteiger partial charge < -0.3 is 19.9 Å². The van der Waals surface area contributed by atoms with Gasteiger partial charge in [-0.3, -0.25) is 4.79 Å². The van der Waals surface area contributed by atoms with Gasteiger partial charge >= 0.3 is 0 Å². The molecular weight excluding hydrogens is 470 g/mol. The predicted octanol–water partition coefficient (Wildman–Crippen LogP) is 4.25. The molecule has 1 amide bonds. The molecule has 0 atom stereocenters. The maximum atomic E-state index is 12.3. The number of nitrogens with zero attached hydrogens (tertiary/aromatic N) is 4. The zero-order valence-corrected chi connectivity index (χ0v) is 20.2. The van der Waals surface area contributed by atoms with Gasteiger partial charge in [-0.2, -0.15) is 0 Å². The molecule has 0 saturated carbocycles. The van der Waals surface area contributed by atoms with Crippen molar-refractivity contribution in [2.45, 2.75) is 25.8 Å². The molecule has 1 fully saturated rings. The Morgan fingerprint density at radius 1 is 1.16 bits per heavy atom. The second kappa shape index (κ2) is 9.83. The molecule has 2 aromatic carbocycles. The number of piperidine rings is 1. The van der Waals surface area contributed by atoms with Gasteiger partial charge in [0.15, 0.2) is 6.61 Å². The predicted molar refractivity (Wildman–Crippen MR) is 131 cm³/mol. The topological polar surface area (TPSA) is 70.6 Å². The summed E-state index contributed by atoms with van der Waals surface area (Å²) in [4.78, 5) is 26.4.